The largest absolute Gasteiger partial charge is 0.359 e. The van der Waals surface area contributed by atoms with Gasteiger partial charge in [-0.15, -0.1) is 0 Å². The molecule has 0 radical (unpaired) electrons. The molecular formula is C10H16BrN3. The number of hydrogen-bond donors (Lipinski definition) is 1. The normalized spacial score (nSPS) is 12.6. The summed E-state index contributed by atoms with van der Waals surface area (Å²) in [5, 5.41) is 0. The van der Waals surface area contributed by atoms with Crippen LogP contribution in [0.15, 0.2) is 22.8 Å². The van der Waals surface area contributed by atoms with Crippen LogP contribution in [0.25, 0.3) is 0 Å². The molecule has 0 spiro atoms. The van der Waals surface area contributed by atoms with E-state index in [0.717, 1.165) is 16.8 Å². The molecule has 1 rings (SSSR count). The van der Waals surface area contributed by atoms with Gasteiger partial charge in [0.1, 0.15) is 5.82 Å². The molecule has 0 saturated heterocycles. The molecule has 0 aliphatic rings. The molecule has 1 atom stereocenters. The van der Waals surface area contributed by atoms with E-state index in [4.69, 9.17) is 5.73 Å². The van der Waals surface area contributed by atoms with Crippen molar-refractivity contribution in [3.05, 3.63) is 22.8 Å². The molecule has 78 valence electrons. The molecule has 0 aliphatic carbocycles. The molecule has 1 aromatic heterocycles. The summed E-state index contributed by atoms with van der Waals surface area (Å²) in [5.41, 5.74) is 5.57. The highest BCUT2D eigenvalue weighted by molar-refractivity contribution is 9.10. The average Bonchev–Trinajstić information content (AvgIpc) is 2.18. The molecule has 0 bridgehead atoms. The first-order valence-corrected chi connectivity index (χ1v) is 5.45. The fraction of sp³-hybridized carbons (Fsp3) is 0.500. The SMILES string of the molecule is CC(CN)CN(C)c1ccc(Br)cn1. The van der Waals surface area contributed by atoms with Gasteiger partial charge >= 0.3 is 0 Å². The van der Waals surface area contributed by atoms with Gasteiger partial charge in [0.05, 0.1) is 0 Å². The smallest absolute Gasteiger partial charge is 0.128 e. The highest BCUT2D eigenvalue weighted by atomic mass is 79.9. The first-order valence-electron chi connectivity index (χ1n) is 4.66. The van der Waals surface area contributed by atoms with Gasteiger partial charge in [0.25, 0.3) is 0 Å². The van der Waals surface area contributed by atoms with E-state index in [1.54, 1.807) is 6.20 Å². The number of hydrogen-bond acceptors (Lipinski definition) is 3. The molecule has 1 unspecified atom stereocenters. The van der Waals surface area contributed by atoms with Gasteiger partial charge in [0.15, 0.2) is 0 Å². The van der Waals surface area contributed by atoms with E-state index in [0.29, 0.717) is 12.5 Å². The van der Waals surface area contributed by atoms with Crippen molar-refractivity contribution in [2.45, 2.75) is 6.92 Å². The highest BCUT2D eigenvalue weighted by Crippen LogP contribution is 2.14. The fourth-order valence-corrected chi connectivity index (χ4v) is 1.46. The second-order valence-electron chi connectivity index (χ2n) is 3.56. The van der Waals surface area contributed by atoms with Crippen LogP contribution in [0.5, 0.6) is 0 Å². The molecule has 3 nitrogen and oxygen atoms in total. The third kappa shape index (κ3) is 3.27. The molecule has 0 saturated carbocycles. The third-order valence-corrected chi connectivity index (χ3v) is 2.56. The van der Waals surface area contributed by atoms with E-state index in [1.807, 2.05) is 19.2 Å². The van der Waals surface area contributed by atoms with Gasteiger partial charge < -0.3 is 10.6 Å². The second-order valence-corrected chi connectivity index (χ2v) is 4.47. The van der Waals surface area contributed by atoms with Crippen molar-refractivity contribution >= 4 is 21.7 Å². The van der Waals surface area contributed by atoms with Crippen LogP contribution in [0, 0.1) is 5.92 Å². The zero-order chi connectivity index (χ0) is 10.6. The Morgan fingerprint density at radius 2 is 2.29 bits per heavy atom. The maximum Gasteiger partial charge on any atom is 0.128 e. The number of nitrogens with two attached hydrogens (primary N) is 1. The summed E-state index contributed by atoms with van der Waals surface area (Å²) >= 11 is 3.36. The van der Waals surface area contributed by atoms with Crippen LogP contribution in [0.1, 0.15) is 6.92 Å². The van der Waals surface area contributed by atoms with E-state index in [1.165, 1.54) is 0 Å². The molecule has 2 N–H and O–H groups in total. The van der Waals surface area contributed by atoms with E-state index in [9.17, 15) is 0 Å². The quantitative estimate of drug-likeness (QED) is 0.896. The van der Waals surface area contributed by atoms with Crippen LogP contribution in [0.4, 0.5) is 5.82 Å². The van der Waals surface area contributed by atoms with Crippen molar-refractivity contribution in [1.29, 1.82) is 0 Å². The van der Waals surface area contributed by atoms with Gasteiger partial charge in [-0.2, -0.15) is 0 Å². The summed E-state index contributed by atoms with van der Waals surface area (Å²) in [6, 6.07) is 3.99. The summed E-state index contributed by atoms with van der Waals surface area (Å²) in [6.07, 6.45) is 1.80. The van der Waals surface area contributed by atoms with Crippen molar-refractivity contribution < 1.29 is 0 Å². The zero-order valence-electron chi connectivity index (χ0n) is 8.57. The molecule has 14 heavy (non-hydrogen) atoms. The standard InChI is InChI=1S/C10H16BrN3/c1-8(5-12)7-14(2)10-4-3-9(11)6-13-10/h3-4,6,8H,5,7,12H2,1-2H3. The van der Waals surface area contributed by atoms with E-state index < -0.39 is 0 Å². The van der Waals surface area contributed by atoms with E-state index in [-0.39, 0.29) is 0 Å². The van der Waals surface area contributed by atoms with Crippen molar-refractivity contribution in [3.63, 3.8) is 0 Å². The first-order chi connectivity index (χ1) is 6.63. The Morgan fingerprint density at radius 3 is 2.79 bits per heavy atom. The molecule has 0 aromatic carbocycles. The Hall–Kier alpha value is -0.610. The maximum atomic E-state index is 5.57. The van der Waals surface area contributed by atoms with Crippen molar-refractivity contribution in [1.82, 2.24) is 4.98 Å². The first kappa shape index (κ1) is 11.5. The molecule has 4 heteroatoms. The minimum atomic E-state index is 0.491. The lowest BCUT2D eigenvalue weighted by molar-refractivity contribution is 0.587. The lowest BCUT2D eigenvalue weighted by Gasteiger charge is -2.21. The van der Waals surface area contributed by atoms with Crippen LogP contribution in [-0.4, -0.2) is 25.1 Å². The second kappa shape index (κ2) is 5.32. The lowest BCUT2D eigenvalue weighted by Crippen LogP contribution is -2.28. The Balaban J connectivity index is 2.60. The topological polar surface area (TPSA) is 42.1 Å². The van der Waals surface area contributed by atoms with E-state index >= 15 is 0 Å². The van der Waals surface area contributed by atoms with Crippen LogP contribution < -0.4 is 10.6 Å². The molecule has 0 aliphatic heterocycles. The number of rotatable bonds is 4. The zero-order valence-corrected chi connectivity index (χ0v) is 10.2. The Labute approximate surface area is 93.4 Å². The number of halogens is 1. The number of pyridine rings is 1. The number of anilines is 1. The third-order valence-electron chi connectivity index (χ3n) is 2.09. The monoisotopic (exact) mass is 257 g/mol. The van der Waals surface area contributed by atoms with Crippen LogP contribution in [-0.2, 0) is 0 Å². The molecular weight excluding hydrogens is 242 g/mol. The van der Waals surface area contributed by atoms with Crippen molar-refractivity contribution in [3.8, 4) is 0 Å². The molecule has 0 amide bonds. The van der Waals surface area contributed by atoms with Gasteiger partial charge in [0.2, 0.25) is 0 Å². The van der Waals surface area contributed by atoms with Crippen LogP contribution in [0.2, 0.25) is 0 Å². The molecule has 1 aromatic rings. The Bertz CT molecular complexity index is 273. The van der Waals surface area contributed by atoms with Crippen molar-refractivity contribution in [2.75, 3.05) is 25.0 Å². The van der Waals surface area contributed by atoms with Gasteiger partial charge in [-0.25, -0.2) is 4.98 Å². The van der Waals surface area contributed by atoms with Crippen LogP contribution in [0.3, 0.4) is 0 Å². The number of aromatic nitrogens is 1. The summed E-state index contributed by atoms with van der Waals surface area (Å²) < 4.78 is 1.00. The van der Waals surface area contributed by atoms with Crippen LogP contribution >= 0.6 is 15.9 Å². The average molecular weight is 258 g/mol. The highest BCUT2D eigenvalue weighted by Gasteiger charge is 2.06. The Morgan fingerprint density at radius 1 is 1.57 bits per heavy atom. The van der Waals surface area contributed by atoms with Crippen molar-refractivity contribution in [2.24, 2.45) is 11.7 Å². The van der Waals surface area contributed by atoms with Gasteiger partial charge in [-0.05, 0) is 40.5 Å². The van der Waals surface area contributed by atoms with Gasteiger partial charge in [0, 0.05) is 24.3 Å². The van der Waals surface area contributed by atoms with Gasteiger partial charge in [-0.3, -0.25) is 0 Å². The minimum absolute atomic E-state index is 0.491. The Kier molecular flexibility index (Phi) is 4.35. The molecule has 1 heterocycles. The predicted molar refractivity (Wildman–Crippen MR) is 63.4 cm³/mol. The minimum Gasteiger partial charge on any atom is -0.359 e. The summed E-state index contributed by atoms with van der Waals surface area (Å²) in [5.74, 6) is 1.47. The molecule has 0 fully saturated rings. The summed E-state index contributed by atoms with van der Waals surface area (Å²) in [4.78, 5) is 6.42. The summed E-state index contributed by atoms with van der Waals surface area (Å²) in [7, 11) is 2.03. The van der Waals surface area contributed by atoms with E-state index in [2.05, 4.69) is 32.7 Å². The lowest BCUT2D eigenvalue weighted by atomic mass is 10.2. The summed E-state index contributed by atoms with van der Waals surface area (Å²) in [6.45, 7) is 3.78. The fourth-order valence-electron chi connectivity index (χ4n) is 1.23. The maximum absolute atomic E-state index is 5.57. The predicted octanol–water partition coefficient (Wildman–Crippen LogP) is 1.88. The number of nitrogens with zero attached hydrogens (tertiary/aromatic N) is 2. The van der Waals surface area contributed by atoms with Gasteiger partial charge in [-0.1, -0.05) is 6.92 Å².